The Morgan fingerprint density at radius 3 is 2.89 bits per heavy atom. The fourth-order valence-corrected chi connectivity index (χ4v) is 5.36. The number of nitrogens with zero attached hydrogens (tertiary/aromatic N) is 1. The van der Waals surface area contributed by atoms with Crippen LogP contribution in [0.3, 0.4) is 0 Å². The summed E-state index contributed by atoms with van der Waals surface area (Å²) in [5.74, 6) is 2.58. The zero-order valence-corrected chi connectivity index (χ0v) is 12.8. The van der Waals surface area contributed by atoms with Crippen LogP contribution in [0.4, 0.5) is 0 Å². The van der Waals surface area contributed by atoms with E-state index in [9.17, 15) is 0 Å². The normalized spacial score (nSPS) is 25.9. The van der Waals surface area contributed by atoms with Gasteiger partial charge in [-0.1, -0.05) is 19.9 Å². The highest BCUT2D eigenvalue weighted by Crippen LogP contribution is 2.33. The van der Waals surface area contributed by atoms with Gasteiger partial charge in [-0.15, -0.1) is 0 Å². The van der Waals surface area contributed by atoms with Gasteiger partial charge in [0.1, 0.15) is 0 Å². The van der Waals surface area contributed by atoms with Crippen molar-refractivity contribution in [2.24, 2.45) is 0 Å². The number of likely N-dealkylation sites (N-methyl/N-ethyl adjacent to an activating group) is 1. The monoisotopic (exact) mass is 282 g/mol. The molecule has 0 spiro atoms. The standard InChI is InChI=1S/C14H22N2S2/c1-3-15-13(10-12-6-4-5-7-16-12)14-11(2)17-8-9-18-14/h4-7,11,13-15H,3,8-10H2,1-2H3. The number of rotatable bonds is 5. The first-order valence-corrected chi connectivity index (χ1v) is 8.77. The molecular formula is C14H22N2S2. The van der Waals surface area contributed by atoms with E-state index in [0.717, 1.165) is 18.2 Å². The molecule has 1 saturated heterocycles. The van der Waals surface area contributed by atoms with Gasteiger partial charge in [-0.2, -0.15) is 23.5 Å². The maximum absolute atomic E-state index is 4.46. The molecule has 4 heteroatoms. The van der Waals surface area contributed by atoms with E-state index in [0.29, 0.717) is 11.3 Å². The average molecular weight is 282 g/mol. The molecule has 0 bridgehead atoms. The van der Waals surface area contributed by atoms with Crippen LogP contribution in [0.1, 0.15) is 19.5 Å². The lowest BCUT2D eigenvalue weighted by Crippen LogP contribution is -2.45. The van der Waals surface area contributed by atoms with E-state index < -0.39 is 0 Å². The van der Waals surface area contributed by atoms with Crippen LogP contribution < -0.4 is 5.32 Å². The second-order valence-electron chi connectivity index (χ2n) is 4.60. The molecule has 1 aromatic heterocycles. The molecule has 100 valence electrons. The maximum Gasteiger partial charge on any atom is 0.0419 e. The number of nitrogens with one attached hydrogen (secondary N) is 1. The van der Waals surface area contributed by atoms with E-state index in [1.54, 1.807) is 0 Å². The summed E-state index contributed by atoms with van der Waals surface area (Å²) in [7, 11) is 0. The van der Waals surface area contributed by atoms with Gasteiger partial charge >= 0.3 is 0 Å². The Balaban J connectivity index is 2.02. The van der Waals surface area contributed by atoms with E-state index in [1.807, 2.05) is 12.3 Å². The van der Waals surface area contributed by atoms with Crippen LogP contribution in [-0.4, -0.2) is 39.6 Å². The largest absolute Gasteiger partial charge is 0.313 e. The van der Waals surface area contributed by atoms with Gasteiger partial charge in [-0.3, -0.25) is 4.98 Å². The highest BCUT2D eigenvalue weighted by atomic mass is 32.2. The topological polar surface area (TPSA) is 24.9 Å². The average Bonchev–Trinajstić information content (AvgIpc) is 2.40. The third kappa shape index (κ3) is 3.90. The minimum Gasteiger partial charge on any atom is -0.313 e. The fraction of sp³-hybridized carbons (Fsp3) is 0.643. The summed E-state index contributed by atoms with van der Waals surface area (Å²) in [5, 5.41) is 5.09. The zero-order valence-electron chi connectivity index (χ0n) is 11.1. The Bertz CT molecular complexity index is 345. The Morgan fingerprint density at radius 2 is 2.22 bits per heavy atom. The lowest BCUT2D eigenvalue weighted by molar-refractivity contribution is 0.496. The predicted molar refractivity (Wildman–Crippen MR) is 83.6 cm³/mol. The second-order valence-corrected chi connectivity index (χ2v) is 7.37. The lowest BCUT2D eigenvalue weighted by Gasteiger charge is -2.34. The molecule has 0 radical (unpaired) electrons. The molecule has 1 fully saturated rings. The number of pyridine rings is 1. The maximum atomic E-state index is 4.46. The molecule has 1 aromatic rings. The highest BCUT2D eigenvalue weighted by molar-refractivity contribution is 8.07. The number of hydrogen-bond donors (Lipinski definition) is 1. The van der Waals surface area contributed by atoms with Gasteiger partial charge in [0.05, 0.1) is 0 Å². The molecule has 18 heavy (non-hydrogen) atoms. The van der Waals surface area contributed by atoms with Gasteiger partial charge in [0, 0.05) is 46.4 Å². The van der Waals surface area contributed by atoms with Crippen molar-refractivity contribution in [3.05, 3.63) is 30.1 Å². The van der Waals surface area contributed by atoms with Gasteiger partial charge in [0.25, 0.3) is 0 Å². The first-order chi connectivity index (χ1) is 8.81. The molecule has 0 aromatic carbocycles. The summed E-state index contributed by atoms with van der Waals surface area (Å²) in [6.45, 7) is 5.59. The van der Waals surface area contributed by atoms with Crippen LogP contribution in [0.5, 0.6) is 0 Å². The molecule has 1 aliphatic rings. The van der Waals surface area contributed by atoms with Crippen molar-refractivity contribution in [2.75, 3.05) is 18.1 Å². The molecule has 0 amide bonds. The molecule has 2 heterocycles. The van der Waals surface area contributed by atoms with Crippen LogP contribution >= 0.6 is 23.5 Å². The number of thioether (sulfide) groups is 2. The zero-order chi connectivity index (χ0) is 12.8. The Morgan fingerprint density at radius 1 is 1.39 bits per heavy atom. The summed E-state index contributed by atoms with van der Waals surface area (Å²) in [6.07, 6.45) is 2.93. The first kappa shape index (κ1) is 14.2. The van der Waals surface area contributed by atoms with Crippen molar-refractivity contribution in [2.45, 2.75) is 36.8 Å². The van der Waals surface area contributed by atoms with Gasteiger partial charge in [0.2, 0.25) is 0 Å². The highest BCUT2D eigenvalue weighted by Gasteiger charge is 2.30. The molecule has 2 nitrogen and oxygen atoms in total. The third-order valence-corrected chi connectivity index (χ3v) is 6.51. The lowest BCUT2D eigenvalue weighted by atomic mass is 10.0. The Kier molecular flexibility index (Phi) is 5.86. The minimum absolute atomic E-state index is 0.540. The van der Waals surface area contributed by atoms with Gasteiger partial charge in [0.15, 0.2) is 0 Å². The second kappa shape index (κ2) is 7.41. The van der Waals surface area contributed by atoms with E-state index in [1.165, 1.54) is 17.2 Å². The van der Waals surface area contributed by atoms with E-state index in [4.69, 9.17) is 0 Å². The molecular weight excluding hydrogens is 260 g/mol. The van der Waals surface area contributed by atoms with Crippen molar-refractivity contribution in [3.8, 4) is 0 Å². The first-order valence-electron chi connectivity index (χ1n) is 6.67. The summed E-state index contributed by atoms with van der Waals surface area (Å²) in [6, 6.07) is 6.74. The molecule has 3 unspecified atom stereocenters. The summed E-state index contributed by atoms with van der Waals surface area (Å²) in [5.41, 5.74) is 1.20. The molecule has 1 aliphatic heterocycles. The summed E-state index contributed by atoms with van der Waals surface area (Å²) >= 11 is 4.24. The molecule has 0 saturated carbocycles. The van der Waals surface area contributed by atoms with Crippen LogP contribution in [-0.2, 0) is 6.42 Å². The number of aromatic nitrogens is 1. The van der Waals surface area contributed by atoms with E-state index in [2.05, 4.69) is 59.8 Å². The van der Waals surface area contributed by atoms with Crippen molar-refractivity contribution in [1.82, 2.24) is 10.3 Å². The van der Waals surface area contributed by atoms with E-state index in [-0.39, 0.29) is 0 Å². The fourth-order valence-electron chi connectivity index (χ4n) is 2.40. The van der Waals surface area contributed by atoms with Crippen molar-refractivity contribution >= 4 is 23.5 Å². The summed E-state index contributed by atoms with van der Waals surface area (Å²) < 4.78 is 0. The number of hydrogen-bond acceptors (Lipinski definition) is 4. The van der Waals surface area contributed by atoms with Crippen LogP contribution in [0.15, 0.2) is 24.4 Å². The van der Waals surface area contributed by atoms with Crippen LogP contribution in [0, 0.1) is 0 Å². The smallest absolute Gasteiger partial charge is 0.0419 e. The molecule has 3 atom stereocenters. The van der Waals surface area contributed by atoms with Gasteiger partial charge in [-0.05, 0) is 18.7 Å². The molecule has 2 rings (SSSR count). The molecule has 1 N–H and O–H groups in total. The van der Waals surface area contributed by atoms with Crippen molar-refractivity contribution < 1.29 is 0 Å². The van der Waals surface area contributed by atoms with Crippen LogP contribution in [0.25, 0.3) is 0 Å². The third-order valence-electron chi connectivity index (χ3n) is 3.26. The van der Waals surface area contributed by atoms with Crippen LogP contribution in [0.2, 0.25) is 0 Å². The Labute approximate surface area is 119 Å². The van der Waals surface area contributed by atoms with Gasteiger partial charge < -0.3 is 5.32 Å². The van der Waals surface area contributed by atoms with Crippen molar-refractivity contribution in [3.63, 3.8) is 0 Å². The minimum atomic E-state index is 0.540. The molecule has 0 aliphatic carbocycles. The van der Waals surface area contributed by atoms with E-state index >= 15 is 0 Å². The van der Waals surface area contributed by atoms with Gasteiger partial charge in [-0.25, -0.2) is 0 Å². The van der Waals surface area contributed by atoms with Crippen molar-refractivity contribution in [1.29, 1.82) is 0 Å². The summed E-state index contributed by atoms with van der Waals surface area (Å²) in [4.78, 5) is 4.46. The predicted octanol–water partition coefficient (Wildman–Crippen LogP) is 2.84. The Hall–Kier alpha value is -0.190. The quantitative estimate of drug-likeness (QED) is 0.898. The SMILES string of the molecule is CCNC(Cc1ccccn1)C1SCCSC1C.